The van der Waals surface area contributed by atoms with Crippen molar-refractivity contribution < 1.29 is 14.3 Å². The highest BCUT2D eigenvalue weighted by molar-refractivity contribution is 5.80. The van der Waals surface area contributed by atoms with E-state index in [9.17, 15) is 4.39 Å². The summed E-state index contributed by atoms with van der Waals surface area (Å²) in [6.45, 7) is 4.67. The molecule has 0 aliphatic heterocycles. The van der Waals surface area contributed by atoms with Crippen molar-refractivity contribution in [1.29, 1.82) is 0 Å². The Morgan fingerprint density at radius 1 is 1.53 bits per heavy atom. The summed E-state index contributed by atoms with van der Waals surface area (Å²) in [5.74, 6) is 0. The van der Waals surface area contributed by atoms with Crippen LogP contribution in [-0.4, -0.2) is 30.3 Å². The molecule has 15 heavy (non-hydrogen) atoms. The van der Waals surface area contributed by atoms with E-state index in [-0.39, 0.29) is 0 Å². The van der Waals surface area contributed by atoms with E-state index in [0.717, 1.165) is 0 Å². The highest BCUT2D eigenvalue weighted by atomic mass is 19.1. The Kier molecular flexibility index (Phi) is 5.86. The number of rotatable bonds is 5. The van der Waals surface area contributed by atoms with Crippen LogP contribution < -0.4 is 0 Å². The first-order valence-corrected chi connectivity index (χ1v) is 4.69. The summed E-state index contributed by atoms with van der Waals surface area (Å²) in [4.78, 5) is 0. The maximum atomic E-state index is 13.7. The van der Waals surface area contributed by atoms with Crippen molar-refractivity contribution in [2.45, 2.75) is 32.5 Å². The van der Waals surface area contributed by atoms with Crippen molar-refractivity contribution in [3.63, 3.8) is 0 Å². The van der Waals surface area contributed by atoms with Crippen LogP contribution in [0.1, 0.15) is 20.8 Å². The van der Waals surface area contributed by atoms with Crippen molar-refractivity contribution in [3.05, 3.63) is 23.8 Å². The number of allylic oxidation sites excluding steroid dienone is 3. The molecule has 0 aromatic heterocycles. The second-order valence-corrected chi connectivity index (χ2v) is 3.62. The molecule has 0 radical (unpaired) electrons. The number of hydrogen-bond acceptors (Lipinski definition) is 3. The second kappa shape index (κ2) is 6.35. The van der Waals surface area contributed by atoms with Crippen LogP contribution >= 0.6 is 0 Å². The summed E-state index contributed by atoms with van der Waals surface area (Å²) in [5.41, 5.74) is -1.06. The van der Waals surface area contributed by atoms with Crippen LogP contribution in [-0.2, 0) is 4.74 Å². The third kappa shape index (κ3) is 4.74. The lowest BCUT2D eigenvalue weighted by molar-refractivity contribution is 0.0113. The highest BCUT2D eigenvalue weighted by Crippen LogP contribution is 2.23. The van der Waals surface area contributed by atoms with Gasteiger partial charge >= 0.3 is 0 Å². The SMILES string of the molecule is C\C=C/C=C(\C=N\O)C(OC)C(C)(C)F. The van der Waals surface area contributed by atoms with Crippen LogP contribution in [0.2, 0.25) is 0 Å². The van der Waals surface area contributed by atoms with E-state index in [1.807, 2.05) is 6.92 Å². The molecule has 0 fully saturated rings. The van der Waals surface area contributed by atoms with Crippen molar-refractivity contribution >= 4 is 6.21 Å². The molecular formula is C11H18FNO2. The first-order valence-electron chi connectivity index (χ1n) is 4.69. The number of hydrogen-bond donors (Lipinski definition) is 1. The number of halogens is 1. The van der Waals surface area contributed by atoms with E-state index in [1.54, 1.807) is 18.2 Å². The number of alkyl halides is 1. The van der Waals surface area contributed by atoms with Gasteiger partial charge in [0.25, 0.3) is 0 Å². The standard InChI is InChI=1S/C11H18FNO2/c1-5-6-7-9(8-13-14)10(15-4)11(2,3)12/h5-8,10,14H,1-4H3/b6-5-,9-7+,13-8+. The summed E-state index contributed by atoms with van der Waals surface area (Å²) in [6, 6.07) is 0. The zero-order valence-electron chi connectivity index (χ0n) is 9.57. The molecule has 3 nitrogen and oxygen atoms in total. The topological polar surface area (TPSA) is 41.8 Å². The number of methoxy groups -OCH3 is 1. The summed E-state index contributed by atoms with van der Waals surface area (Å²) in [6.07, 6.45) is 5.59. The molecule has 0 aromatic rings. The van der Waals surface area contributed by atoms with Gasteiger partial charge in [0.15, 0.2) is 0 Å². The maximum absolute atomic E-state index is 13.7. The first kappa shape index (κ1) is 13.8. The fourth-order valence-corrected chi connectivity index (χ4v) is 1.28. The van der Waals surface area contributed by atoms with Crippen LogP contribution in [0.3, 0.4) is 0 Å². The normalized spacial score (nSPS) is 16.5. The Hall–Kier alpha value is -1.16. The average molecular weight is 215 g/mol. The number of ether oxygens (including phenoxy) is 1. The molecule has 1 atom stereocenters. The monoisotopic (exact) mass is 215 g/mol. The summed E-state index contributed by atoms with van der Waals surface area (Å²) in [7, 11) is 1.42. The molecule has 0 spiro atoms. The fourth-order valence-electron chi connectivity index (χ4n) is 1.28. The quantitative estimate of drug-likeness (QED) is 0.331. The minimum atomic E-state index is -1.54. The van der Waals surface area contributed by atoms with E-state index < -0.39 is 11.8 Å². The lowest BCUT2D eigenvalue weighted by Crippen LogP contribution is -2.35. The van der Waals surface area contributed by atoms with Crippen LogP contribution in [0.4, 0.5) is 4.39 Å². The molecule has 0 bridgehead atoms. The molecule has 86 valence electrons. The summed E-state index contributed by atoms with van der Waals surface area (Å²) in [5, 5.41) is 11.4. The number of oxime groups is 1. The molecule has 0 saturated heterocycles. The Balaban J connectivity index is 5.03. The minimum absolute atomic E-state index is 0.477. The van der Waals surface area contributed by atoms with Gasteiger partial charge in [-0.15, -0.1) is 0 Å². The van der Waals surface area contributed by atoms with Crippen molar-refractivity contribution in [2.75, 3.05) is 7.11 Å². The smallest absolute Gasteiger partial charge is 0.135 e. The molecule has 0 rings (SSSR count). The molecule has 0 aromatic carbocycles. The largest absolute Gasteiger partial charge is 0.411 e. The van der Waals surface area contributed by atoms with E-state index >= 15 is 0 Å². The van der Waals surface area contributed by atoms with Gasteiger partial charge in [-0.3, -0.25) is 0 Å². The van der Waals surface area contributed by atoms with Crippen LogP contribution in [0.5, 0.6) is 0 Å². The van der Waals surface area contributed by atoms with Gasteiger partial charge in [-0.25, -0.2) is 4.39 Å². The minimum Gasteiger partial charge on any atom is -0.411 e. The van der Waals surface area contributed by atoms with Gasteiger partial charge < -0.3 is 9.94 Å². The third-order valence-electron chi connectivity index (χ3n) is 1.85. The third-order valence-corrected chi connectivity index (χ3v) is 1.85. The van der Waals surface area contributed by atoms with Gasteiger partial charge in [0.1, 0.15) is 11.8 Å². The molecule has 0 saturated carbocycles. The van der Waals surface area contributed by atoms with Gasteiger partial charge in [0.2, 0.25) is 0 Å². The van der Waals surface area contributed by atoms with Crippen LogP contribution in [0.25, 0.3) is 0 Å². The zero-order chi connectivity index (χ0) is 11.9. The molecule has 4 heteroatoms. The second-order valence-electron chi connectivity index (χ2n) is 3.62. The summed E-state index contributed by atoms with van der Waals surface area (Å²) >= 11 is 0. The molecule has 1 N–H and O–H groups in total. The van der Waals surface area contributed by atoms with Crippen LogP contribution in [0, 0.1) is 0 Å². The Morgan fingerprint density at radius 3 is 2.47 bits per heavy atom. The Morgan fingerprint density at radius 2 is 2.13 bits per heavy atom. The van der Waals surface area contributed by atoms with Gasteiger partial charge in [-0.2, -0.15) is 0 Å². The van der Waals surface area contributed by atoms with E-state index in [1.165, 1.54) is 27.2 Å². The average Bonchev–Trinajstić information content (AvgIpc) is 2.13. The van der Waals surface area contributed by atoms with Crippen molar-refractivity contribution in [2.24, 2.45) is 5.16 Å². The van der Waals surface area contributed by atoms with E-state index in [4.69, 9.17) is 9.94 Å². The highest BCUT2D eigenvalue weighted by Gasteiger charge is 2.31. The Labute approximate surface area is 89.9 Å². The zero-order valence-corrected chi connectivity index (χ0v) is 9.57. The lowest BCUT2D eigenvalue weighted by Gasteiger charge is -2.26. The predicted octanol–water partition coefficient (Wildman–Crippen LogP) is 2.71. The van der Waals surface area contributed by atoms with E-state index in [0.29, 0.717) is 5.57 Å². The molecule has 1 unspecified atom stereocenters. The van der Waals surface area contributed by atoms with Gasteiger partial charge in [0, 0.05) is 12.7 Å². The van der Waals surface area contributed by atoms with Gasteiger partial charge in [0.05, 0.1) is 6.21 Å². The molecule has 0 aliphatic carbocycles. The molecule has 0 heterocycles. The number of nitrogens with zero attached hydrogens (tertiary/aromatic N) is 1. The predicted molar refractivity (Wildman–Crippen MR) is 59.2 cm³/mol. The molecular weight excluding hydrogens is 197 g/mol. The van der Waals surface area contributed by atoms with Gasteiger partial charge in [-0.05, 0) is 20.8 Å². The van der Waals surface area contributed by atoms with Crippen molar-refractivity contribution in [1.82, 2.24) is 0 Å². The maximum Gasteiger partial charge on any atom is 0.135 e. The summed E-state index contributed by atoms with van der Waals surface area (Å²) < 4.78 is 18.8. The van der Waals surface area contributed by atoms with Gasteiger partial charge in [-0.1, -0.05) is 23.4 Å². The molecule has 0 amide bonds. The molecule has 0 aliphatic rings. The Bertz CT molecular complexity index is 264. The fraction of sp³-hybridized carbons (Fsp3) is 0.545. The van der Waals surface area contributed by atoms with Crippen LogP contribution in [0.15, 0.2) is 29.0 Å². The van der Waals surface area contributed by atoms with Crippen molar-refractivity contribution in [3.8, 4) is 0 Å². The first-order chi connectivity index (χ1) is 6.97. The lowest BCUT2D eigenvalue weighted by atomic mass is 9.96. The van der Waals surface area contributed by atoms with E-state index in [2.05, 4.69) is 5.16 Å².